The molecule has 0 aromatic heterocycles. The largest absolute Gasteiger partial charge is 0.285 e. The van der Waals surface area contributed by atoms with E-state index < -0.39 is 8.07 Å². The van der Waals surface area contributed by atoms with Gasteiger partial charge in [0.1, 0.15) is 0 Å². The van der Waals surface area contributed by atoms with Gasteiger partial charge in [-0.3, -0.25) is 0 Å². The number of hydrogen-bond donors (Lipinski definition) is 0. The van der Waals surface area contributed by atoms with E-state index in [-0.39, 0.29) is 0 Å². The monoisotopic (exact) mass is 138 g/mol. The number of nitriles is 2. The average Bonchev–Trinajstić information content (AvgIpc) is 1.95. The Morgan fingerprint density at radius 1 is 1.11 bits per heavy atom. The van der Waals surface area contributed by atoms with Crippen LogP contribution < -0.4 is 0 Å². The molecule has 0 rings (SSSR count). The van der Waals surface area contributed by atoms with Crippen molar-refractivity contribution in [2.45, 2.75) is 25.9 Å². The second-order valence-corrected chi connectivity index (χ2v) is 6.04. The van der Waals surface area contributed by atoms with Gasteiger partial charge >= 0.3 is 0 Å². The summed E-state index contributed by atoms with van der Waals surface area (Å²) in [5.74, 6) is 0. The molecule has 0 aromatic rings. The molecule has 0 aliphatic heterocycles. The van der Waals surface area contributed by atoms with Crippen LogP contribution in [0.5, 0.6) is 0 Å². The fourth-order valence-corrected chi connectivity index (χ4v) is 1.77. The minimum absolute atomic E-state index is 0.760. The number of hydrogen-bond acceptors (Lipinski definition) is 2. The second kappa shape index (κ2) is 3.27. The van der Waals surface area contributed by atoms with Gasteiger partial charge in [0.25, 0.3) is 8.07 Å². The lowest BCUT2D eigenvalue weighted by molar-refractivity contribution is 1.28. The Hall–Kier alpha value is -0.803. The van der Waals surface area contributed by atoms with Crippen LogP contribution in [-0.4, -0.2) is 8.07 Å². The Labute approximate surface area is 56.7 Å². The zero-order valence-electron chi connectivity index (χ0n) is 5.81. The van der Waals surface area contributed by atoms with Gasteiger partial charge in [0, 0.05) is 11.4 Å². The third-order valence-electron chi connectivity index (χ3n) is 1.64. The van der Waals surface area contributed by atoms with Gasteiger partial charge in [0.15, 0.2) is 0 Å². The summed E-state index contributed by atoms with van der Waals surface area (Å²) in [4.78, 5) is 0. The Morgan fingerprint density at radius 3 is 1.44 bits per heavy atom. The number of rotatable bonds is 2. The van der Waals surface area contributed by atoms with Crippen LogP contribution in [0.2, 0.25) is 12.1 Å². The first-order valence-electron chi connectivity index (χ1n) is 3.07. The van der Waals surface area contributed by atoms with Gasteiger partial charge in [-0.2, -0.15) is 0 Å². The van der Waals surface area contributed by atoms with E-state index in [1.165, 1.54) is 0 Å². The fraction of sp³-hybridized carbons (Fsp3) is 0.667. The van der Waals surface area contributed by atoms with E-state index in [0.717, 1.165) is 12.1 Å². The van der Waals surface area contributed by atoms with Gasteiger partial charge < -0.3 is 0 Å². The predicted octanol–water partition coefficient (Wildman–Crippen LogP) is 1.60. The van der Waals surface area contributed by atoms with Crippen LogP contribution in [-0.2, 0) is 0 Å². The Morgan fingerprint density at radius 2 is 1.44 bits per heavy atom. The summed E-state index contributed by atoms with van der Waals surface area (Å²) in [5.41, 5.74) is 4.28. The van der Waals surface area contributed by atoms with Crippen molar-refractivity contribution >= 4 is 8.07 Å². The highest BCUT2D eigenvalue weighted by Crippen LogP contribution is 2.11. The lowest BCUT2D eigenvalue weighted by atomic mass is 10.9. The topological polar surface area (TPSA) is 47.6 Å². The first-order chi connectivity index (χ1) is 4.24. The van der Waals surface area contributed by atoms with E-state index in [1.54, 1.807) is 0 Å². The van der Waals surface area contributed by atoms with Gasteiger partial charge in [0.2, 0.25) is 0 Å². The second-order valence-electron chi connectivity index (χ2n) is 2.01. The van der Waals surface area contributed by atoms with Crippen LogP contribution in [0.25, 0.3) is 0 Å². The molecular formula is C6H10N2Si. The zero-order valence-corrected chi connectivity index (χ0v) is 6.81. The van der Waals surface area contributed by atoms with Gasteiger partial charge in [-0.05, 0) is 12.1 Å². The summed E-state index contributed by atoms with van der Waals surface area (Å²) in [5, 5.41) is 17.1. The molecule has 0 amide bonds. The molecule has 9 heavy (non-hydrogen) atoms. The van der Waals surface area contributed by atoms with E-state index in [1.807, 2.05) is 13.8 Å². The van der Waals surface area contributed by atoms with Crippen molar-refractivity contribution in [3.8, 4) is 11.4 Å². The molecule has 0 fully saturated rings. The maximum Gasteiger partial charge on any atom is 0.285 e. The highest BCUT2D eigenvalue weighted by atomic mass is 28.3. The van der Waals surface area contributed by atoms with Gasteiger partial charge in [-0.25, -0.2) is 10.5 Å². The fourth-order valence-electron chi connectivity index (χ4n) is 0.591. The van der Waals surface area contributed by atoms with Gasteiger partial charge in [0.05, 0.1) is 0 Å². The van der Waals surface area contributed by atoms with Gasteiger partial charge in [-0.1, -0.05) is 13.8 Å². The highest BCUT2D eigenvalue weighted by molar-refractivity contribution is 6.93. The molecule has 0 aliphatic carbocycles. The molecule has 0 spiro atoms. The van der Waals surface area contributed by atoms with Crippen LogP contribution in [0.15, 0.2) is 0 Å². The molecule has 2 nitrogen and oxygen atoms in total. The normalized spacial score (nSPS) is 9.78. The predicted molar refractivity (Wildman–Crippen MR) is 37.9 cm³/mol. The third-order valence-corrected chi connectivity index (χ3v) is 4.91. The molecule has 0 saturated carbocycles. The van der Waals surface area contributed by atoms with E-state index in [0.29, 0.717) is 0 Å². The molecule has 0 N–H and O–H groups in total. The maximum absolute atomic E-state index is 8.57. The third kappa shape index (κ3) is 1.55. The maximum atomic E-state index is 8.57. The molecule has 0 heterocycles. The molecule has 0 aliphatic rings. The quantitative estimate of drug-likeness (QED) is 0.544. The Bertz CT molecular complexity index is 143. The summed E-state index contributed by atoms with van der Waals surface area (Å²) in [6.45, 7) is 3.84. The van der Waals surface area contributed by atoms with Crippen LogP contribution >= 0.6 is 0 Å². The zero-order chi connectivity index (χ0) is 7.33. The van der Waals surface area contributed by atoms with Crippen molar-refractivity contribution in [1.29, 1.82) is 10.5 Å². The molecule has 0 atom stereocenters. The standard InChI is InChI=1S/C6H10N2Si/c1-3-9(4-2,5-7)6-8/h3-4H2,1-2H3. The summed E-state index contributed by atoms with van der Waals surface area (Å²) in [6, 6.07) is 1.52. The number of nitrogens with zero attached hydrogens (tertiary/aromatic N) is 2. The molecule has 48 valence electrons. The van der Waals surface area contributed by atoms with Crippen molar-refractivity contribution in [3.05, 3.63) is 0 Å². The van der Waals surface area contributed by atoms with Gasteiger partial charge in [-0.15, -0.1) is 0 Å². The minimum atomic E-state index is -2.08. The molecule has 0 unspecified atom stereocenters. The van der Waals surface area contributed by atoms with Crippen molar-refractivity contribution < 1.29 is 0 Å². The van der Waals surface area contributed by atoms with Crippen LogP contribution in [0.4, 0.5) is 0 Å². The minimum Gasteiger partial charge on any atom is -0.205 e. The Kier molecular flexibility index (Phi) is 2.98. The van der Waals surface area contributed by atoms with Crippen molar-refractivity contribution in [3.63, 3.8) is 0 Å². The van der Waals surface area contributed by atoms with Crippen molar-refractivity contribution in [2.75, 3.05) is 0 Å². The summed E-state index contributed by atoms with van der Waals surface area (Å²) < 4.78 is 0. The van der Waals surface area contributed by atoms with E-state index >= 15 is 0 Å². The Balaban J connectivity index is 4.28. The first kappa shape index (κ1) is 8.20. The van der Waals surface area contributed by atoms with Crippen LogP contribution in [0.3, 0.4) is 0 Å². The smallest absolute Gasteiger partial charge is 0.205 e. The summed E-state index contributed by atoms with van der Waals surface area (Å²) in [7, 11) is -2.08. The first-order valence-corrected chi connectivity index (χ1v) is 5.48. The molecule has 0 radical (unpaired) electrons. The molecule has 0 saturated heterocycles. The van der Waals surface area contributed by atoms with E-state index in [9.17, 15) is 0 Å². The van der Waals surface area contributed by atoms with Crippen molar-refractivity contribution in [2.24, 2.45) is 0 Å². The molecular weight excluding hydrogens is 128 g/mol. The van der Waals surface area contributed by atoms with Crippen LogP contribution in [0, 0.1) is 21.9 Å². The van der Waals surface area contributed by atoms with E-state index in [2.05, 4.69) is 11.4 Å². The van der Waals surface area contributed by atoms with Crippen LogP contribution in [0.1, 0.15) is 13.8 Å². The lowest BCUT2D eigenvalue weighted by Crippen LogP contribution is -2.28. The molecule has 0 aromatic carbocycles. The average molecular weight is 138 g/mol. The van der Waals surface area contributed by atoms with E-state index in [4.69, 9.17) is 10.5 Å². The molecule has 0 bridgehead atoms. The summed E-state index contributed by atoms with van der Waals surface area (Å²) in [6.07, 6.45) is 0. The molecule has 3 heteroatoms. The highest BCUT2D eigenvalue weighted by Gasteiger charge is 2.29. The summed E-state index contributed by atoms with van der Waals surface area (Å²) >= 11 is 0. The SMILES string of the molecule is CC[Si](C#N)(C#N)CC. The lowest BCUT2D eigenvalue weighted by Gasteiger charge is -2.06. The van der Waals surface area contributed by atoms with Crippen molar-refractivity contribution in [1.82, 2.24) is 0 Å².